The Bertz CT molecular complexity index is 777. The Kier molecular flexibility index (Phi) is 4.72. The molecule has 2 amide bonds. The zero-order chi connectivity index (χ0) is 17.2. The second kappa shape index (κ2) is 7.13. The highest BCUT2D eigenvalue weighted by Crippen LogP contribution is 2.22. The maximum absolute atomic E-state index is 13.0. The van der Waals surface area contributed by atoms with E-state index in [2.05, 4.69) is 15.2 Å². The third kappa shape index (κ3) is 3.41. The predicted octanol–water partition coefficient (Wildman–Crippen LogP) is 1.34. The van der Waals surface area contributed by atoms with Crippen LogP contribution < -0.4 is 5.32 Å². The Hall–Kier alpha value is -1.93. The highest BCUT2D eigenvalue weighted by molar-refractivity contribution is 7.15. The standard InChI is InChI=1S/C17H23N5O2S/c23-14-4-8-20(9-5-18-14)12-13-15(19-17-22(13)10-11-25-17)16(24)21-6-2-1-3-7-21/h10-11H,1-9,12H2,(H,18,23). The molecule has 4 rings (SSSR count). The normalized spacial score (nSPS) is 19.8. The van der Waals surface area contributed by atoms with E-state index in [1.807, 2.05) is 20.9 Å². The minimum Gasteiger partial charge on any atom is -0.355 e. The molecule has 0 aliphatic carbocycles. The Morgan fingerprint density at radius 3 is 2.88 bits per heavy atom. The SMILES string of the molecule is O=C1CCN(Cc2c(C(=O)N3CCCCC3)nc3sccn23)CCN1. The Balaban J connectivity index is 1.61. The van der Waals surface area contributed by atoms with Gasteiger partial charge in [0, 0.05) is 57.3 Å². The first kappa shape index (κ1) is 16.5. The van der Waals surface area contributed by atoms with E-state index in [4.69, 9.17) is 0 Å². The summed E-state index contributed by atoms with van der Waals surface area (Å²) < 4.78 is 2.03. The lowest BCUT2D eigenvalue weighted by atomic mass is 10.1. The van der Waals surface area contributed by atoms with Crippen molar-refractivity contribution in [2.24, 2.45) is 0 Å². The fourth-order valence-corrected chi connectivity index (χ4v) is 4.32. The number of piperidine rings is 1. The number of amides is 2. The Labute approximate surface area is 150 Å². The van der Waals surface area contributed by atoms with Crippen molar-refractivity contribution in [3.8, 4) is 0 Å². The summed E-state index contributed by atoms with van der Waals surface area (Å²) in [5.41, 5.74) is 1.53. The summed E-state index contributed by atoms with van der Waals surface area (Å²) in [6.45, 7) is 4.44. The van der Waals surface area contributed by atoms with Crippen LogP contribution in [0.1, 0.15) is 41.9 Å². The average molecular weight is 361 g/mol. The molecule has 0 aromatic carbocycles. The van der Waals surface area contributed by atoms with Crippen molar-refractivity contribution in [3.05, 3.63) is 23.0 Å². The molecule has 0 radical (unpaired) electrons. The quantitative estimate of drug-likeness (QED) is 0.896. The third-order valence-electron chi connectivity index (χ3n) is 4.99. The topological polar surface area (TPSA) is 70.0 Å². The van der Waals surface area contributed by atoms with E-state index in [1.54, 1.807) is 11.3 Å². The van der Waals surface area contributed by atoms with Gasteiger partial charge in [0.15, 0.2) is 10.7 Å². The number of carbonyl (C=O) groups excluding carboxylic acids is 2. The van der Waals surface area contributed by atoms with Crippen LogP contribution in [0.3, 0.4) is 0 Å². The fraction of sp³-hybridized carbons (Fsp3) is 0.588. The van der Waals surface area contributed by atoms with Gasteiger partial charge in [0.1, 0.15) is 0 Å². The molecule has 2 aromatic heterocycles. The van der Waals surface area contributed by atoms with Crippen molar-refractivity contribution in [2.75, 3.05) is 32.7 Å². The number of hydrogen-bond acceptors (Lipinski definition) is 5. The number of nitrogens with zero attached hydrogens (tertiary/aromatic N) is 4. The molecule has 25 heavy (non-hydrogen) atoms. The zero-order valence-corrected chi connectivity index (χ0v) is 15.1. The lowest BCUT2D eigenvalue weighted by molar-refractivity contribution is -0.120. The Morgan fingerprint density at radius 1 is 1.20 bits per heavy atom. The van der Waals surface area contributed by atoms with E-state index < -0.39 is 0 Å². The van der Waals surface area contributed by atoms with Crippen molar-refractivity contribution < 1.29 is 9.59 Å². The first-order valence-corrected chi connectivity index (χ1v) is 9.83. The molecule has 0 atom stereocenters. The maximum Gasteiger partial charge on any atom is 0.274 e. The van der Waals surface area contributed by atoms with Gasteiger partial charge < -0.3 is 10.2 Å². The van der Waals surface area contributed by atoms with Crippen LogP contribution in [-0.4, -0.2) is 63.7 Å². The number of nitrogens with one attached hydrogen (secondary N) is 1. The number of imidazole rings is 1. The number of likely N-dealkylation sites (tertiary alicyclic amines) is 1. The molecule has 134 valence electrons. The summed E-state index contributed by atoms with van der Waals surface area (Å²) >= 11 is 1.55. The van der Waals surface area contributed by atoms with Gasteiger partial charge in [-0.2, -0.15) is 0 Å². The number of rotatable bonds is 3. The van der Waals surface area contributed by atoms with Crippen LogP contribution in [0.25, 0.3) is 4.96 Å². The molecular weight excluding hydrogens is 338 g/mol. The number of carbonyl (C=O) groups is 2. The molecule has 2 aliphatic heterocycles. The van der Waals surface area contributed by atoms with Crippen molar-refractivity contribution >= 4 is 28.1 Å². The van der Waals surface area contributed by atoms with Gasteiger partial charge in [-0.05, 0) is 19.3 Å². The highest BCUT2D eigenvalue weighted by atomic mass is 32.1. The summed E-state index contributed by atoms with van der Waals surface area (Å²) in [5, 5.41) is 4.89. The van der Waals surface area contributed by atoms with Crippen molar-refractivity contribution in [2.45, 2.75) is 32.2 Å². The number of thiazole rings is 1. The van der Waals surface area contributed by atoms with Crippen LogP contribution in [-0.2, 0) is 11.3 Å². The first-order chi connectivity index (χ1) is 12.2. The van der Waals surface area contributed by atoms with Gasteiger partial charge >= 0.3 is 0 Å². The van der Waals surface area contributed by atoms with E-state index in [0.717, 1.165) is 43.1 Å². The zero-order valence-electron chi connectivity index (χ0n) is 14.2. The average Bonchev–Trinajstić information content (AvgIpc) is 3.15. The van der Waals surface area contributed by atoms with E-state index in [9.17, 15) is 9.59 Å². The molecular formula is C17H23N5O2S. The van der Waals surface area contributed by atoms with Gasteiger partial charge in [-0.25, -0.2) is 4.98 Å². The second-order valence-corrected chi connectivity index (χ2v) is 7.56. The monoisotopic (exact) mass is 361 g/mol. The molecule has 1 N–H and O–H groups in total. The molecule has 4 heterocycles. The molecule has 0 saturated carbocycles. The predicted molar refractivity (Wildman–Crippen MR) is 95.7 cm³/mol. The van der Waals surface area contributed by atoms with E-state index >= 15 is 0 Å². The van der Waals surface area contributed by atoms with Crippen LogP contribution >= 0.6 is 11.3 Å². The molecule has 2 fully saturated rings. The lowest BCUT2D eigenvalue weighted by Crippen LogP contribution is -2.37. The molecule has 0 spiro atoms. The third-order valence-corrected chi connectivity index (χ3v) is 5.74. The second-order valence-electron chi connectivity index (χ2n) is 6.69. The summed E-state index contributed by atoms with van der Waals surface area (Å²) in [6, 6.07) is 0. The maximum atomic E-state index is 13.0. The molecule has 2 aromatic rings. The number of fused-ring (bicyclic) bond motifs is 1. The van der Waals surface area contributed by atoms with Crippen LogP contribution in [0.4, 0.5) is 0 Å². The summed E-state index contributed by atoms with van der Waals surface area (Å²) in [5.74, 6) is 0.149. The van der Waals surface area contributed by atoms with Crippen molar-refractivity contribution in [1.82, 2.24) is 24.5 Å². The van der Waals surface area contributed by atoms with E-state index in [1.165, 1.54) is 6.42 Å². The van der Waals surface area contributed by atoms with Gasteiger partial charge in [-0.3, -0.25) is 18.9 Å². The smallest absolute Gasteiger partial charge is 0.274 e. The van der Waals surface area contributed by atoms with Gasteiger partial charge in [0.2, 0.25) is 5.91 Å². The van der Waals surface area contributed by atoms with Crippen LogP contribution in [0.2, 0.25) is 0 Å². The van der Waals surface area contributed by atoms with Gasteiger partial charge in [0.05, 0.1) is 5.69 Å². The Morgan fingerprint density at radius 2 is 2.04 bits per heavy atom. The molecule has 0 unspecified atom stereocenters. The summed E-state index contributed by atoms with van der Waals surface area (Å²) in [7, 11) is 0. The number of aromatic nitrogens is 2. The molecule has 7 nitrogen and oxygen atoms in total. The van der Waals surface area contributed by atoms with E-state index in [0.29, 0.717) is 31.7 Å². The highest BCUT2D eigenvalue weighted by Gasteiger charge is 2.27. The molecule has 2 aliphatic rings. The minimum absolute atomic E-state index is 0.0506. The van der Waals surface area contributed by atoms with Crippen LogP contribution in [0.15, 0.2) is 11.6 Å². The molecule has 0 bridgehead atoms. The van der Waals surface area contributed by atoms with E-state index in [-0.39, 0.29) is 11.8 Å². The first-order valence-electron chi connectivity index (χ1n) is 8.95. The van der Waals surface area contributed by atoms with Gasteiger partial charge in [0.25, 0.3) is 5.91 Å². The number of hydrogen-bond donors (Lipinski definition) is 1. The largest absolute Gasteiger partial charge is 0.355 e. The van der Waals surface area contributed by atoms with Gasteiger partial charge in [-0.1, -0.05) is 0 Å². The summed E-state index contributed by atoms with van der Waals surface area (Å²) in [6.07, 6.45) is 5.83. The fourth-order valence-electron chi connectivity index (χ4n) is 3.58. The molecule has 8 heteroatoms. The minimum atomic E-state index is 0.0506. The van der Waals surface area contributed by atoms with Crippen molar-refractivity contribution in [3.63, 3.8) is 0 Å². The van der Waals surface area contributed by atoms with Gasteiger partial charge in [-0.15, -0.1) is 11.3 Å². The van der Waals surface area contributed by atoms with Crippen molar-refractivity contribution in [1.29, 1.82) is 0 Å². The van der Waals surface area contributed by atoms with Crippen LogP contribution in [0.5, 0.6) is 0 Å². The lowest BCUT2D eigenvalue weighted by Gasteiger charge is -2.26. The molecule has 2 saturated heterocycles. The van der Waals surface area contributed by atoms with Crippen LogP contribution in [0, 0.1) is 0 Å². The summed E-state index contributed by atoms with van der Waals surface area (Å²) in [4.78, 5) is 34.2.